The fourth-order valence-corrected chi connectivity index (χ4v) is 2.60. The first kappa shape index (κ1) is 14.9. The maximum Gasteiger partial charge on any atom is 0.329 e. The molecule has 23 heavy (non-hydrogen) atoms. The molecule has 0 aliphatic heterocycles. The van der Waals surface area contributed by atoms with E-state index >= 15 is 0 Å². The number of rotatable bonds is 4. The fraction of sp³-hybridized carbons (Fsp3) is 0.176. The van der Waals surface area contributed by atoms with Crippen molar-refractivity contribution in [2.24, 2.45) is 7.05 Å². The summed E-state index contributed by atoms with van der Waals surface area (Å²) < 4.78 is 3.02. The van der Waals surface area contributed by atoms with Gasteiger partial charge in [-0.05, 0) is 24.3 Å². The van der Waals surface area contributed by atoms with E-state index in [1.54, 1.807) is 23.7 Å². The number of nitrogens with one attached hydrogen (secondary N) is 1. The van der Waals surface area contributed by atoms with Crippen LogP contribution < -0.4 is 16.1 Å². The molecular formula is C17H18N4O2. The van der Waals surface area contributed by atoms with Gasteiger partial charge >= 0.3 is 5.69 Å². The minimum Gasteiger partial charge on any atom is -0.295 e. The van der Waals surface area contributed by atoms with Gasteiger partial charge in [0.1, 0.15) is 6.54 Å². The molecule has 0 bridgehead atoms. The van der Waals surface area contributed by atoms with Gasteiger partial charge < -0.3 is 0 Å². The molecule has 0 radical (unpaired) electrons. The highest BCUT2D eigenvalue weighted by atomic mass is 16.2. The lowest BCUT2D eigenvalue weighted by Crippen LogP contribution is -2.42. The topological polar surface area (TPSA) is 59.3 Å². The van der Waals surface area contributed by atoms with Crippen molar-refractivity contribution in [2.75, 3.05) is 12.1 Å². The minimum atomic E-state index is -0.255. The van der Waals surface area contributed by atoms with Crippen molar-refractivity contribution >= 4 is 22.6 Å². The van der Waals surface area contributed by atoms with Crippen LogP contribution >= 0.6 is 0 Å². The first-order chi connectivity index (χ1) is 11.1. The maximum atomic E-state index is 12.3. The molecule has 6 nitrogen and oxygen atoms in total. The first-order valence-corrected chi connectivity index (χ1v) is 7.30. The normalized spacial score (nSPS) is 10.7. The number of hydrazine groups is 1. The van der Waals surface area contributed by atoms with Gasteiger partial charge in [0, 0.05) is 14.1 Å². The number of amides is 1. The molecule has 1 amide bonds. The number of para-hydroxylation sites is 3. The number of hydrogen-bond donors (Lipinski definition) is 1. The molecule has 1 N–H and O–H groups in total. The molecule has 0 saturated carbocycles. The van der Waals surface area contributed by atoms with Gasteiger partial charge in [0.05, 0.1) is 16.7 Å². The van der Waals surface area contributed by atoms with Crippen molar-refractivity contribution in [3.63, 3.8) is 0 Å². The summed E-state index contributed by atoms with van der Waals surface area (Å²) in [5.41, 5.74) is 4.99. The van der Waals surface area contributed by atoms with Gasteiger partial charge in [0.2, 0.25) is 0 Å². The van der Waals surface area contributed by atoms with Gasteiger partial charge in [0.15, 0.2) is 0 Å². The average molecular weight is 310 g/mol. The Labute approximate surface area is 133 Å². The van der Waals surface area contributed by atoms with Gasteiger partial charge in [-0.15, -0.1) is 0 Å². The summed E-state index contributed by atoms with van der Waals surface area (Å²) >= 11 is 0. The van der Waals surface area contributed by atoms with Gasteiger partial charge in [-0.1, -0.05) is 30.3 Å². The number of anilines is 1. The van der Waals surface area contributed by atoms with Gasteiger partial charge in [-0.25, -0.2) is 4.79 Å². The minimum absolute atomic E-state index is 0.0304. The van der Waals surface area contributed by atoms with Crippen LogP contribution in [0.25, 0.3) is 11.0 Å². The third kappa shape index (κ3) is 2.83. The van der Waals surface area contributed by atoms with Gasteiger partial charge in [-0.2, -0.15) is 0 Å². The summed E-state index contributed by atoms with van der Waals surface area (Å²) in [6.45, 7) is -0.0304. The predicted molar refractivity (Wildman–Crippen MR) is 90.2 cm³/mol. The maximum absolute atomic E-state index is 12.3. The van der Waals surface area contributed by atoms with E-state index < -0.39 is 0 Å². The van der Waals surface area contributed by atoms with Crippen molar-refractivity contribution in [1.29, 1.82) is 0 Å². The Hall–Kier alpha value is -3.02. The third-order valence-corrected chi connectivity index (χ3v) is 3.79. The quantitative estimate of drug-likeness (QED) is 0.743. The van der Waals surface area contributed by atoms with Crippen molar-refractivity contribution in [3.05, 3.63) is 65.1 Å². The number of fused-ring (bicyclic) bond motifs is 1. The number of imidazole rings is 1. The summed E-state index contributed by atoms with van der Waals surface area (Å²) in [5.74, 6) is -0.255. The van der Waals surface area contributed by atoms with E-state index in [0.717, 1.165) is 16.7 Å². The van der Waals surface area contributed by atoms with E-state index in [2.05, 4.69) is 5.43 Å². The Bertz CT molecular complexity index is 896. The van der Waals surface area contributed by atoms with Crippen LogP contribution in [-0.2, 0) is 18.4 Å². The van der Waals surface area contributed by atoms with E-state index in [4.69, 9.17) is 0 Å². The molecule has 0 fully saturated rings. The van der Waals surface area contributed by atoms with Crippen LogP contribution in [0, 0.1) is 0 Å². The lowest BCUT2D eigenvalue weighted by Gasteiger charge is -2.20. The largest absolute Gasteiger partial charge is 0.329 e. The molecule has 0 aliphatic carbocycles. The Kier molecular flexibility index (Phi) is 3.89. The molecule has 6 heteroatoms. The van der Waals surface area contributed by atoms with Crippen LogP contribution in [0.3, 0.4) is 0 Å². The summed E-state index contributed by atoms with van der Waals surface area (Å²) in [7, 11) is 3.47. The van der Waals surface area contributed by atoms with Crippen LogP contribution in [0.2, 0.25) is 0 Å². The zero-order valence-corrected chi connectivity index (χ0v) is 13.1. The fourth-order valence-electron chi connectivity index (χ4n) is 2.60. The highest BCUT2D eigenvalue weighted by Crippen LogP contribution is 2.12. The molecule has 0 atom stereocenters. The Morgan fingerprint density at radius 2 is 1.65 bits per heavy atom. The summed E-state index contributed by atoms with van der Waals surface area (Å²) in [5, 5.41) is 1.64. The first-order valence-electron chi connectivity index (χ1n) is 7.30. The van der Waals surface area contributed by atoms with Crippen molar-refractivity contribution in [1.82, 2.24) is 14.6 Å². The number of nitrogens with zero attached hydrogens (tertiary/aromatic N) is 3. The smallest absolute Gasteiger partial charge is 0.295 e. The predicted octanol–water partition coefficient (Wildman–Crippen LogP) is 1.51. The average Bonchev–Trinajstić information content (AvgIpc) is 2.81. The number of carbonyl (C=O) groups is 1. The molecule has 0 spiro atoms. The zero-order chi connectivity index (χ0) is 16.4. The van der Waals surface area contributed by atoms with E-state index in [1.807, 2.05) is 54.6 Å². The van der Waals surface area contributed by atoms with Crippen LogP contribution in [0.5, 0.6) is 0 Å². The van der Waals surface area contributed by atoms with Gasteiger partial charge in [-0.3, -0.25) is 24.4 Å². The van der Waals surface area contributed by atoms with Crippen LogP contribution in [0.1, 0.15) is 0 Å². The number of benzene rings is 2. The van der Waals surface area contributed by atoms with Crippen molar-refractivity contribution in [2.45, 2.75) is 6.54 Å². The van der Waals surface area contributed by atoms with Crippen LogP contribution in [0.15, 0.2) is 59.4 Å². The molecule has 1 aromatic heterocycles. The Morgan fingerprint density at radius 3 is 2.35 bits per heavy atom. The molecule has 3 rings (SSSR count). The van der Waals surface area contributed by atoms with E-state index in [9.17, 15) is 9.59 Å². The summed E-state index contributed by atoms with van der Waals surface area (Å²) in [6.07, 6.45) is 0. The Morgan fingerprint density at radius 1 is 1.04 bits per heavy atom. The van der Waals surface area contributed by atoms with Crippen LogP contribution in [-0.4, -0.2) is 22.1 Å². The monoisotopic (exact) mass is 310 g/mol. The highest BCUT2D eigenvalue weighted by Gasteiger charge is 2.14. The second-order valence-electron chi connectivity index (χ2n) is 5.35. The second-order valence-corrected chi connectivity index (χ2v) is 5.35. The summed E-state index contributed by atoms with van der Waals surface area (Å²) in [4.78, 5) is 24.6. The number of hydrogen-bond acceptors (Lipinski definition) is 3. The molecule has 118 valence electrons. The zero-order valence-electron chi connectivity index (χ0n) is 13.1. The summed E-state index contributed by atoms with van der Waals surface area (Å²) in [6, 6.07) is 16.9. The lowest BCUT2D eigenvalue weighted by molar-refractivity contribution is -0.121. The van der Waals surface area contributed by atoms with E-state index in [1.165, 1.54) is 4.57 Å². The number of carbonyl (C=O) groups excluding carboxylic acids is 1. The molecule has 2 aromatic carbocycles. The molecule has 1 heterocycles. The molecule has 3 aromatic rings. The van der Waals surface area contributed by atoms with Gasteiger partial charge in [0.25, 0.3) is 5.91 Å². The Balaban J connectivity index is 1.81. The number of aryl methyl sites for hydroxylation is 1. The third-order valence-electron chi connectivity index (χ3n) is 3.79. The van der Waals surface area contributed by atoms with Crippen LogP contribution in [0.4, 0.5) is 5.69 Å². The molecular weight excluding hydrogens is 292 g/mol. The number of aromatic nitrogens is 2. The second kappa shape index (κ2) is 6.00. The SMILES string of the molecule is CN(NC(=O)Cn1c(=O)n(C)c2ccccc21)c1ccccc1. The molecule has 0 saturated heterocycles. The standard InChI is InChI=1S/C17H18N4O2/c1-19-14-10-6-7-11-15(14)21(17(19)23)12-16(22)18-20(2)13-8-4-3-5-9-13/h3-11H,12H2,1-2H3,(H,18,22). The van der Waals surface area contributed by atoms with Crippen molar-refractivity contribution in [3.8, 4) is 0 Å². The van der Waals surface area contributed by atoms with Crippen molar-refractivity contribution < 1.29 is 4.79 Å². The highest BCUT2D eigenvalue weighted by molar-refractivity contribution is 5.81. The molecule has 0 aliphatic rings. The molecule has 0 unspecified atom stereocenters. The van der Waals surface area contributed by atoms with E-state index in [-0.39, 0.29) is 18.1 Å². The van der Waals surface area contributed by atoms with E-state index in [0.29, 0.717) is 0 Å². The lowest BCUT2D eigenvalue weighted by atomic mass is 10.3.